The van der Waals surface area contributed by atoms with Crippen molar-refractivity contribution < 1.29 is 18.4 Å². The molecule has 0 unspecified atom stereocenters. The van der Waals surface area contributed by atoms with Crippen molar-refractivity contribution in [1.82, 2.24) is 5.43 Å². The number of nitrogens with one attached hydrogen (secondary N) is 1. The van der Waals surface area contributed by atoms with Crippen LogP contribution < -0.4 is 5.43 Å². The van der Waals surface area contributed by atoms with Gasteiger partial charge < -0.3 is 9.05 Å². The topological polar surface area (TPSA) is 77.0 Å². The fourth-order valence-electron chi connectivity index (χ4n) is 2.13. The van der Waals surface area contributed by atoms with Crippen LogP contribution in [0.1, 0.15) is 37.6 Å². The van der Waals surface area contributed by atoms with E-state index >= 15 is 0 Å². The van der Waals surface area contributed by atoms with Crippen LogP contribution in [0.15, 0.2) is 35.4 Å². The van der Waals surface area contributed by atoms with Gasteiger partial charge in [-0.2, -0.15) is 5.10 Å². The number of rotatable bonds is 7. The van der Waals surface area contributed by atoms with Crippen LogP contribution in [-0.4, -0.2) is 31.0 Å². The van der Waals surface area contributed by atoms with Gasteiger partial charge in [-0.25, -0.2) is 5.43 Å². The van der Waals surface area contributed by atoms with Crippen molar-refractivity contribution in [2.75, 3.05) is 14.2 Å². The molecule has 0 saturated carbocycles. The lowest BCUT2D eigenvalue weighted by Gasteiger charge is -2.30. The van der Waals surface area contributed by atoms with Gasteiger partial charge in [0.2, 0.25) is 0 Å². The lowest BCUT2D eigenvalue weighted by molar-refractivity contribution is 0.0954. The van der Waals surface area contributed by atoms with Crippen LogP contribution in [0.5, 0.6) is 0 Å². The lowest BCUT2D eigenvalue weighted by Crippen LogP contribution is -2.27. The molecule has 0 heterocycles. The summed E-state index contributed by atoms with van der Waals surface area (Å²) >= 11 is 0. The molecule has 122 valence electrons. The monoisotopic (exact) mass is 326 g/mol. The maximum Gasteiger partial charge on any atom is 0.336 e. The number of hydrogen-bond acceptors (Lipinski definition) is 5. The average Bonchev–Trinajstić information content (AvgIpc) is 2.51. The quantitative estimate of drug-likeness (QED) is 0.473. The first-order chi connectivity index (χ1) is 10.3. The minimum atomic E-state index is -3.24. The number of hydrazone groups is 1. The van der Waals surface area contributed by atoms with Crippen LogP contribution in [0, 0.1) is 0 Å². The molecule has 0 bridgehead atoms. The first-order valence-corrected chi connectivity index (χ1v) is 8.40. The van der Waals surface area contributed by atoms with Gasteiger partial charge in [-0.05, 0) is 32.9 Å². The first kappa shape index (κ1) is 18.6. The molecule has 6 nitrogen and oxygen atoms in total. The molecule has 0 spiro atoms. The van der Waals surface area contributed by atoms with E-state index in [0.717, 1.165) is 0 Å². The molecule has 1 rings (SSSR count). The third kappa shape index (κ3) is 4.50. The first-order valence-electron chi connectivity index (χ1n) is 6.86. The second-order valence-electron chi connectivity index (χ2n) is 5.51. The Hall–Kier alpha value is -1.49. The molecule has 0 aliphatic carbocycles. The van der Waals surface area contributed by atoms with E-state index in [4.69, 9.17) is 9.05 Å². The van der Waals surface area contributed by atoms with Crippen molar-refractivity contribution in [1.29, 1.82) is 0 Å². The highest BCUT2D eigenvalue weighted by Gasteiger charge is 2.42. The van der Waals surface area contributed by atoms with E-state index in [2.05, 4.69) is 10.5 Å². The van der Waals surface area contributed by atoms with Crippen LogP contribution in [0.25, 0.3) is 0 Å². The summed E-state index contributed by atoms with van der Waals surface area (Å²) in [5.74, 6) is -0.292. The molecule has 0 fully saturated rings. The normalized spacial score (nSPS) is 13.0. The SMILES string of the molecule is COP(=O)(OC)C(C)(C)C/C(C)=N\NC(=O)c1ccccc1. The third-order valence-electron chi connectivity index (χ3n) is 3.29. The molecule has 0 aliphatic rings. The maximum absolute atomic E-state index is 12.5. The number of nitrogens with zero attached hydrogens (tertiary/aromatic N) is 1. The molecular formula is C15H23N2O4P. The summed E-state index contributed by atoms with van der Waals surface area (Å²) in [6, 6.07) is 8.80. The van der Waals surface area contributed by atoms with Crippen molar-refractivity contribution in [3.8, 4) is 0 Å². The zero-order chi connectivity index (χ0) is 16.8. The van der Waals surface area contributed by atoms with Crippen LogP contribution in [0.4, 0.5) is 0 Å². The summed E-state index contributed by atoms with van der Waals surface area (Å²) in [4.78, 5) is 11.9. The summed E-state index contributed by atoms with van der Waals surface area (Å²) in [6.45, 7) is 5.31. The Labute approximate surface area is 131 Å². The molecule has 1 N–H and O–H groups in total. The van der Waals surface area contributed by atoms with Crippen LogP contribution in [0.2, 0.25) is 0 Å². The van der Waals surface area contributed by atoms with Gasteiger partial charge >= 0.3 is 7.60 Å². The molecule has 0 atom stereocenters. The van der Waals surface area contributed by atoms with E-state index in [1.807, 2.05) is 6.07 Å². The highest BCUT2D eigenvalue weighted by atomic mass is 31.2. The van der Waals surface area contributed by atoms with Crippen molar-refractivity contribution in [2.45, 2.75) is 32.3 Å². The predicted molar refractivity (Wildman–Crippen MR) is 87.3 cm³/mol. The number of hydrogen-bond donors (Lipinski definition) is 1. The smallest absolute Gasteiger partial charge is 0.312 e. The van der Waals surface area contributed by atoms with Crippen LogP contribution in [0.3, 0.4) is 0 Å². The molecule has 0 saturated heterocycles. The molecule has 22 heavy (non-hydrogen) atoms. The van der Waals surface area contributed by atoms with E-state index in [1.165, 1.54) is 14.2 Å². The average molecular weight is 326 g/mol. The Balaban J connectivity index is 2.74. The van der Waals surface area contributed by atoms with Gasteiger partial charge in [-0.15, -0.1) is 0 Å². The Kier molecular flexibility index (Phi) is 6.48. The van der Waals surface area contributed by atoms with Gasteiger partial charge in [0.1, 0.15) is 0 Å². The highest BCUT2D eigenvalue weighted by molar-refractivity contribution is 7.55. The van der Waals surface area contributed by atoms with Crippen molar-refractivity contribution in [3.63, 3.8) is 0 Å². The van der Waals surface area contributed by atoms with E-state index in [0.29, 0.717) is 17.7 Å². The predicted octanol–water partition coefficient (Wildman–Crippen LogP) is 3.45. The molecule has 1 amide bonds. The highest BCUT2D eigenvalue weighted by Crippen LogP contribution is 2.60. The molecule has 0 aliphatic heterocycles. The van der Waals surface area contributed by atoms with Gasteiger partial charge in [-0.1, -0.05) is 18.2 Å². The molecule has 0 radical (unpaired) electrons. The summed E-state index contributed by atoms with van der Waals surface area (Å²) in [7, 11) is -0.523. The Morgan fingerprint density at radius 3 is 2.27 bits per heavy atom. The van der Waals surface area contributed by atoms with Crippen molar-refractivity contribution in [2.24, 2.45) is 5.10 Å². The van der Waals surface area contributed by atoms with Gasteiger partial charge in [0.05, 0.1) is 5.16 Å². The van der Waals surface area contributed by atoms with E-state index in [1.54, 1.807) is 45.0 Å². The van der Waals surface area contributed by atoms with E-state index in [9.17, 15) is 9.36 Å². The van der Waals surface area contributed by atoms with Crippen molar-refractivity contribution >= 4 is 19.2 Å². The van der Waals surface area contributed by atoms with E-state index < -0.39 is 12.8 Å². The fourth-order valence-corrected chi connectivity index (χ4v) is 3.69. The number of carbonyl (C=O) groups is 1. The fraction of sp³-hybridized carbons (Fsp3) is 0.467. The minimum Gasteiger partial charge on any atom is -0.312 e. The van der Waals surface area contributed by atoms with Gasteiger partial charge in [0.15, 0.2) is 0 Å². The molecular weight excluding hydrogens is 303 g/mol. The Bertz CT molecular complexity index is 576. The van der Waals surface area contributed by atoms with Gasteiger partial charge in [0.25, 0.3) is 5.91 Å². The zero-order valence-corrected chi connectivity index (χ0v) is 14.5. The molecule has 0 aromatic heterocycles. The van der Waals surface area contributed by atoms with Crippen molar-refractivity contribution in [3.05, 3.63) is 35.9 Å². The van der Waals surface area contributed by atoms with Crippen LogP contribution in [-0.2, 0) is 13.6 Å². The largest absolute Gasteiger partial charge is 0.336 e. The Morgan fingerprint density at radius 1 is 1.23 bits per heavy atom. The number of benzene rings is 1. The number of amides is 1. The Morgan fingerprint density at radius 2 is 1.77 bits per heavy atom. The van der Waals surface area contributed by atoms with Crippen LogP contribution >= 0.6 is 7.60 Å². The summed E-state index contributed by atoms with van der Waals surface area (Å²) < 4.78 is 22.6. The zero-order valence-electron chi connectivity index (χ0n) is 13.6. The molecule has 1 aromatic rings. The van der Waals surface area contributed by atoms with E-state index in [-0.39, 0.29) is 5.91 Å². The molecule has 1 aromatic carbocycles. The molecule has 7 heteroatoms. The van der Waals surface area contributed by atoms with Gasteiger partial charge in [-0.3, -0.25) is 9.36 Å². The third-order valence-corrected chi connectivity index (χ3v) is 5.90. The second-order valence-corrected chi connectivity index (χ2v) is 8.44. The summed E-state index contributed by atoms with van der Waals surface area (Å²) in [6.07, 6.45) is 0.362. The standard InChI is InChI=1S/C15H23N2O4P/c1-12(11-15(2,3)22(19,20-4)21-5)16-17-14(18)13-9-7-6-8-10-13/h6-10H,11H2,1-5H3,(H,17,18)/b16-12-. The summed E-state index contributed by atoms with van der Waals surface area (Å²) in [5.41, 5.74) is 3.64. The minimum absolute atomic E-state index is 0.292. The van der Waals surface area contributed by atoms with Gasteiger partial charge in [0, 0.05) is 31.9 Å². The summed E-state index contributed by atoms with van der Waals surface area (Å²) in [5, 5.41) is 3.30. The maximum atomic E-state index is 12.5. The second kappa shape index (κ2) is 7.68. The number of carbonyl (C=O) groups excluding carboxylic acids is 1. The lowest BCUT2D eigenvalue weighted by atomic mass is 10.1.